The van der Waals surface area contributed by atoms with Gasteiger partial charge >= 0.3 is 0 Å². The van der Waals surface area contributed by atoms with Gasteiger partial charge in [-0.1, -0.05) is 48.5 Å². The van der Waals surface area contributed by atoms with Gasteiger partial charge in [-0.2, -0.15) is 0 Å². The number of anilines is 1. The zero-order valence-corrected chi connectivity index (χ0v) is 16.5. The van der Waals surface area contributed by atoms with Crippen molar-refractivity contribution in [1.82, 2.24) is 0 Å². The molecule has 1 fully saturated rings. The third-order valence-corrected chi connectivity index (χ3v) is 6.43. The highest BCUT2D eigenvalue weighted by Crippen LogP contribution is 2.51. The monoisotopic (exact) mass is 385 g/mol. The lowest BCUT2D eigenvalue weighted by Gasteiger charge is -2.28. The van der Waals surface area contributed by atoms with Crippen molar-refractivity contribution < 1.29 is 14.8 Å². The lowest BCUT2D eigenvalue weighted by Crippen LogP contribution is -2.83. The second kappa shape index (κ2) is 7.05. The Kier molecular flexibility index (Phi) is 4.36. The van der Waals surface area contributed by atoms with E-state index in [2.05, 4.69) is 47.8 Å². The van der Waals surface area contributed by atoms with E-state index in [0.29, 0.717) is 6.54 Å². The SMILES string of the molecule is COc1ccc([C@@H]2[NH2+]CC[C@]23C(=O)N(Cc2ccccc2)c2ccccc23)cc1. The maximum atomic E-state index is 14.0. The number of methoxy groups -OCH3 is 1. The number of carbonyl (C=O) groups excluding carboxylic acids is 1. The molecule has 29 heavy (non-hydrogen) atoms. The highest BCUT2D eigenvalue weighted by Gasteiger charge is 2.60. The van der Waals surface area contributed by atoms with Gasteiger partial charge in [0, 0.05) is 17.7 Å². The number of hydrogen-bond acceptors (Lipinski definition) is 2. The van der Waals surface area contributed by atoms with Crippen LogP contribution in [0, 0.1) is 0 Å². The third-order valence-electron chi connectivity index (χ3n) is 6.43. The van der Waals surface area contributed by atoms with Crippen molar-refractivity contribution in [3.8, 4) is 5.75 Å². The zero-order valence-electron chi connectivity index (χ0n) is 16.5. The van der Waals surface area contributed by atoms with Gasteiger partial charge in [0.1, 0.15) is 17.2 Å². The largest absolute Gasteiger partial charge is 0.497 e. The summed E-state index contributed by atoms with van der Waals surface area (Å²) in [5.74, 6) is 1.06. The molecular weight excluding hydrogens is 360 g/mol. The second-order valence-corrected chi connectivity index (χ2v) is 7.89. The molecule has 3 aromatic rings. The molecule has 2 heterocycles. The van der Waals surface area contributed by atoms with E-state index < -0.39 is 5.41 Å². The summed E-state index contributed by atoms with van der Waals surface area (Å²) in [7, 11) is 1.68. The minimum atomic E-state index is -0.514. The van der Waals surface area contributed by atoms with Crippen LogP contribution in [-0.4, -0.2) is 19.6 Å². The van der Waals surface area contributed by atoms with Gasteiger partial charge in [0.05, 0.1) is 20.2 Å². The van der Waals surface area contributed by atoms with E-state index >= 15 is 0 Å². The first-order chi connectivity index (χ1) is 14.2. The van der Waals surface area contributed by atoms with Gasteiger partial charge in [0.25, 0.3) is 0 Å². The van der Waals surface area contributed by atoms with Crippen LogP contribution >= 0.6 is 0 Å². The summed E-state index contributed by atoms with van der Waals surface area (Å²) >= 11 is 0. The average molecular weight is 385 g/mol. The molecule has 1 amide bonds. The van der Waals surface area contributed by atoms with E-state index in [1.54, 1.807) is 7.11 Å². The predicted molar refractivity (Wildman–Crippen MR) is 113 cm³/mol. The summed E-state index contributed by atoms with van der Waals surface area (Å²) in [6.45, 7) is 1.55. The second-order valence-electron chi connectivity index (χ2n) is 7.89. The first kappa shape index (κ1) is 18.0. The normalized spacial score (nSPS) is 22.9. The Balaban J connectivity index is 1.59. The standard InChI is InChI=1S/C25H24N2O2/c1-29-20-13-11-19(12-14-20)23-25(15-16-26-23)21-9-5-6-10-22(21)27(24(25)28)17-18-7-3-2-4-8-18/h2-14,23,26H,15-17H2,1H3/p+1/t23-,25+/m0/s1. The van der Waals surface area contributed by atoms with E-state index in [4.69, 9.17) is 4.74 Å². The smallest absolute Gasteiger partial charge is 0.244 e. The van der Waals surface area contributed by atoms with Crippen LogP contribution in [0.15, 0.2) is 78.9 Å². The van der Waals surface area contributed by atoms with Gasteiger partial charge < -0.3 is 15.0 Å². The number of quaternary nitrogens is 1. The number of benzene rings is 3. The van der Waals surface area contributed by atoms with E-state index in [1.807, 2.05) is 41.3 Å². The summed E-state index contributed by atoms with van der Waals surface area (Å²) in [4.78, 5) is 16.0. The van der Waals surface area contributed by atoms with Crippen LogP contribution < -0.4 is 15.0 Å². The van der Waals surface area contributed by atoms with Gasteiger partial charge in [-0.15, -0.1) is 0 Å². The van der Waals surface area contributed by atoms with Crippen LogP contribution in [0.4, 0.5) is 5.69 Å². The maximum Gasteiger partial charge on any atom is 0.244 e. The number of nitrogens with zero attached hydrogens (tertiary/aromatic N) is 1. The van der Waals surface area contributed by atoms with Gasteiger partial charge in [-0.3, -0.25) is 4.79 Å². The fourth-order valence-corrected chi connectivity index (χ4v) is 5.08. The Hall–Kier alpha value is -3.11. The molecule has 146 valence electrons. The maximum absolute atomic E-state index is 14.0. The summed E-state index contributed by atoms with van der Waals surface area (Å²) in [5, 5.41) is 2.32. The first-order valence-electron chi connectivity index (χ1n) is 10.2. The molecule has 0 unspecified atom stereocenters. The van der Waals surface area contributed by atoms with Crippen LogP contribution in [0.25, 0.3) is 0 Å². The topological polar surface area (TPSA) is 46.1 Å². The first-order valence-corrected chi connectivity index (χ1v) is 10.2. The molecule has 3 aromatic carbocycles. The summed E-state index contributed by atoms with van der Waals surface area (Å²) in [6.07, 6.45) is 0.852. The molecule has 4 heteroatoms. The van der Waals surface area contributed by atoms with Crippen molar-refractivity contribution in [2.45, 2.75) is 24.4 Å². The Morgan fingerprint density at radius 1 is 1.00 bits per heavy atom. The average Bonchev–Trinajstić information content (AvgIpc) is 3.32. The minimum Gasteiger partial charge on any atom is -0.497 e. The molecule has 2 aliphatic rings. The van der Waals surface area contributed by atoms with Crippen molar-refractivity contribution in [3.05, 3.63) is 95.6 Å². The number of fused-ring (bicyclic) bond motifs is 2. The van der Waals surface area contributed by atoms with Crippen molar-refractivity contribution in [2.24, 2.45) is 0 Å². The van der Waals surface area contributed by atoms with Gasteiger partial charge in [-0.05, 0) is 41.5 Å². The van der Waals surface area contributed by atoms with Crippen LogP contribution in [0.5, 0.6) is 5.75 Å². The number of carbonyl (C=O) groups is 1. The molecular formula is C25H25N2O2+. The van der Waals surface area contributed by atoms with E-state index in [9.17, 15) is 4.79 Å². The Labute approximate surface area is 171 Å². The molecule has 0 saturated carbocycles. The molecule has 0 radical (unpaired) electrons. The highest BCUT2D eigenvalue weighted by atomic mass is 16.5. The number of para-hydroxylation sites is 1. The van der Waals surface area contributed by atoms with Crippen molar-refractivity contribution >= 4 is 11.6 Å². The summed E-state index contributed by atoms with van der Waals surface area (Å²) in [6, 6.07) is 26.8. The van der Waals surface area contributed by atoms with E-state index in [0.717, 1.165) is 35.5 Å². The number of hydrogen-bond donors (Lipinski definition) is 1. The van der Waals surface area contributed by atoms with Crippen LogP contribution in [0.2, 0.25) is 0 Å². The number of amides is 1. The Morgan fingerprint density at radius 3 is 2.48 bits per heavy atom. The molecule has 0 bridgehead atoms. The fraction of sp³-hybridized carbons (Fsp3) is 0.240. The lowest BCUT2D eigenvalue weighted by molar-refractivity contribution is -0.679. The lowest BCUT2D eigenvalue weighted by atomic mass is 9.73. The molecule has 4 nitrogen and oxygen atoms in total. The molecule has 5 rings (SSSR count). The van der Waals surface area contributed by atoms with Crippen molar-refractivity contribution in [2.75, 3.05) is 18.6 Å². The highest BCUT2D eigenvalue weighted by molar-refractivity contribution is 6.08. The van der Waals surface area contributed by atoms with Gasteiger partial charge in [0.2, 0.25) is 5.91 Å². The number of ether oxygens (including phenoxy) is 1. The Morgan fingerprint density at radius 2 is 1.72 bits per heavy atom. The predicted octanol–water partition coefficient (Wildman–Crippen LogP) is 3.19. The number of rotatable bonds is 4. The molecule has 0 aromatic heterocycles. The van der Waals surface area contributed by atoms with E-state index in [-0.39, 0.29) is 11.9 Å². The molecule has 2 aliphatic heterocycles. The van der Waals surface area contributed by atoms with Crippen LogP contribution in [-0.2, 0) is 16.8 Å². The van der Waals surface area contributed by atoms with Gasteiger partial charge in [0.15, 0.2) is 0 Å². The fourth-order valence-electron chi connectivity index (χ4n) is 5.08. The van der Waals surface area contributed by atoms with Crippen molar-refractivity contribution in [1.29, 1.82) is 0 Å². The Bertz CT molecular complexity index is 1030. The zero-order chi connectivity index (χ0) is 19.8. The quantitative estimate of drug-likeness (QED) is 0.750. The summed E-state index contributed by atoms with van der Waals surface area (Å²) in [5.41, 5.74) is 4.02. The minimum absolute atomic E-state index is 0.0721. The van der Waals surface area contributed by atoms with Gasteiger partial charge in [-0.25, -0.2) is 0 Å². The summed E-state index contributed by atoms with van der Waals surface area (Å²) < 4.78 is 5.32. The molecule has 0 aliphatic carbocycles. The molecule has 1 spiro atoms. The molecule has 2 atom stereocenters. The van der Waals surface area contributed by atoms with E-state index in [1.165, 1.54) is 5.56 Å². The molecule has 1 saturated heterocycles. The van der Waals surface area contributed by atoms with Crippen molar-refractivity contribution in [3.63, 3.8) is 0 Å². The third kappa shape index (κ3) is 2.75. The number of nitrogens with two attached hydrogens (primary N) is 1. The van der Waals surface area contributed by atoms with Crippen LogP contribution in [0.3, 0.4) is 0 Å². The molecule has 2 N–H and O–H groups in total. The van der Waals surface area contributed by atoms with Crippen LogP contribution in [0.1, 0.15) is 29.2 Å².